The molecule has 35 heavy (non-hydrogen) atoms. The first-order valence-corrected chi connectivity index (χ1v) is 10.7. The van der Waals surface area contributed by atoms with E-state index < -0.39 is 0 Å². The van der Waals surface area contributed by atoms with Gasteiger partial charge in [-0.05, 0) is 53.7 Å². The number of nitrogens with zero attached hydrogens (tertiary/aromatic N) is 8. The number of fused-ring (bicyclic) bond motifs is 1. The largest absolute Gasteiger partial charge is 0.355 e. The van der Waals surface area contributed by atoms with Gasteiger partial charge in [0, 0.05) is 11.3 Å². The van der Waals surface area contributed by atoms with Gasteiger partial charge in [0.2, 0.25) is 0 Å². The predicted octanol–water partition coefficient (Wildman–Crippen LogP) is 3.61. The van der Waals surface area contributed by atoms with Crippen molar-refractivity contribution < 1.29 is 9.32 Å². The highest BCUT2D eigenvalue weighted by molar-refractivity contribution is 6.03. The van der Waals surface area contributed by atoms with Gasteiger partial charge in [-0.25, -0.2) is 9.36 Å². The molecule has 0 radical (unpaired) electrons. The topological polar surface area (TPSA) is 129 Å². The Kier molecular flexibility index (Phi) is 4.84. The zero-order valence-corrected chi connectivity index (χ0v) is 18.4. The molecule has 0 bridgehead atoms. The van der Waals surface area contributed by atoms with Crippen LogP contribution in [0.4, 0.5) is 5.69 Å². The predicted molar refractivity (Wildman–Crippen MR) is 126 cm³/mol. The van der Waals surface area contributed by atoms with E-state index in [1.807, 2.05) is 54.6 Å². The number of anilines is 1. The molecule has 0 saturated carbocycles. The van der Waals surface area contributed by atoms with Crippen LogP contribution in [0.1, 0.15) is 16.2 Å². The molecule has 0 aliphatic heterocycles. The van der Waals surface area contributed by atoms with Crippen LogP contribution in [0.25, 0.3) is 33.6 Å². The molecule has 0 spiro atoms. The Morgan fingerprint density at radius 2 is 1.83 bits per heavy atom. The monoisotopic (exact) mass is 463 g/mol. The van der Waals surface area contributed by atoms with Gasteiger partial charge >= 0.3 is 0 Å². The Morgan fingerprint density at radius 1 is 0.943 bits per heavy atom. The van der Waals surface area contributed by atoms with Crippen LogP contribution < -0.4 is 5.32 Å². The molecule has 0 fully saturated rings. The lowest BCUT2D eigenvalue weighted by Gasteiger charge is -2.07. The first-order chi connectivity index (χ1) is 17.2. The van der Waals surface area contributed by atoms with E-state index in [9.17, 15) is 4.79 Å². The smallest absolute Gasteiger partial charge is 0.278 e. The molecule has 11 nitrogen and oxygen atoms in total. The molecule has 0 saturated heterocycles. The summed E-state index contributed by atoms with van der Waals surface area (Å²) in [7, 11) is 0. The molecule has 11 heteroatoms. The van der Waals surface area contributed by atoms with Crippen LogP contribution in [0.15, 0.2) is 83.6 Å². The van der Waals surface area contributed by atoms with Gasteiger partial charge in [0.1, 0.15) is 11.8 Å². The van der Waals surface area contributed by atoms with Crippen molar-refractivity contribution in [2.45, 2.75) is 6.92 Å². The van der Waals surface area contributed by atoms with Gasteiger partial charge < -0.3 is 9.84 Å². The fourth-order valence-corrected chi connectivity index (χ4v) is 3.84. The number of amides is 1. The highest BCUT2D eigenvalue weighted by atomic mass is 16.5. The maximum absolute atomic E-state index is 13.0. The van der Waals surface area contributed by atoms with Crippen molar-refractivity contribution in [1.29, 1.82) is 0 Å². The van der Waals surface area contributed by atoms with Crippen LogP contribution in [0.2, 0.25) is 0 Å². The molecule has 170 valence electrons. The molecule has 1 N–H and O–H groups in total. The fourth-order valence-electron chi connectivity index (χ4n) is 3.84. The normalized spacial score (nSPS) is 11.1. The van der Waals surface area contributed by atoms with E-state index in [0.29, 0.717) is 22.8 Å². The van der Waals surface area contributed by atoms with Gasteiger partial charge in [-0.15, -0.1) is 10.2 Å². The third-order valence-corrected chi connectivity index (χ3v) is 5.57. The molecule has 3 aromatic carbocycles. The fraction of sp³-hybridized carbons (Fsp3) is 0.0417. The van der Waals surface area contributed by atoms with E-state index in [0.717, 1.165) is 22.2 Å². The molecule has 3 aromatic heterocycles. The molecular weight excluding hydrogens is 446 g/mol. The summed E-state index contributed by atoms with van der Waals surface area (Å²) < 4.78 is 8.72. The van der Waals surface area contributed by atoms with E-state index in [2.05, 4.69) is 36.3 Å². The van der Waals surface area contributed by atoms with Crippen LogP contribution in [0.3, 0.4) is 0 Å². The van der Waals surface area contributed by atoms with Crippen molar-refractivity contribution in [3.63, 3.8) is 0 Å². The van der Waals surface area contributed by atoms with E-state index in [-0.39, 0.29) is 11.6 Å². The highest BCUT2D eigenvalue weighted by Gasteiger charge is 2.19. The zero-order valence-electron chi connectivity index (χ0n) is 18.4. The van der Waals surface area contributed by atoms with Crippen molar-refractivity contribution in [3.05, 3.63) is 90.5 Å². The molecule has 0 aliphatic rings. The minimum atomic E-state index is -0.376. The third kappa shape index (κ3) is 3.70. The van der Waals surface area contributed by atoms with E-state index in [4.69, 9.17) is 4.52 Å². The van der Waals surface area contributed by atoms with E-state index in [1.165, 1.54) is 11.0 Å². The number of aromatic nitrogens is 8. The quantitative estimate of drug-likeness (QED) is 0.410. The molecule has 0 atom stereocenters. The number of carbonyl (C=O) groups excluding carboxylic acids is 1. The second kappa shape index (κ2) is 8.30. The molecule has 0 unspecified atom stereocenters. The molecule has 3 heterocycles. The lowest BCUT2D eigenvalue weighted by atomic mass is 10.1. The Morgan fingerprint density at radius 3 is 2.66 bits per heavy atom. The average molecular weight is 463 g/mol. The van der Waals surface area contributed by atoms with Gasteiger partial charge in [-0.2, -0.15) is 0 Å². The summed E-state index contributed by atoms with van der Waals surface area (Å²) in [4.78, 5) is 13.0. The third-order valence-electron chi connectivity index (χ3n) is 5.57. The van der Waals surface area contributed by atoms with Crippen molar-refractivity contribution in [1.82, 2.24) is 40.4 Å². The Balaban J connectivity index is 1.30. The highest BCUT2D eigenvalue weighted by Crippen LogP contribution is 2.30. The van der Waals surface area contributed by atoms with Gasteiger partial charge in [0.05, 0.1) is 22.5 Å². The Labute approximate surface area is 198 Å². The van der Waals surface area contributed by atoms with Crippen LogP contribution in [0.5, 0.6) is 0 Å². The SMILES string of the molecule is Cc1c(C(=O)Nc2cccc(-n3cnnn3)c2)nnn1-c1ccc2noc(-c3ccccc3)c2c1. The summed E-state index contributed by atoms with van der Waals surface area (Å²) >= 11 is 0. The van der Waals surface area contributed by atoms with Crippen LogP contribution in [-0.2, 0) is 0 Å². The first kappa shape index (κ1) is 20.4. The number of hydrogen-bond acceptors (Lipinski definition) is 8. The molecular formula is C24H17N9O2. The summed E-state index contributed by atoms with van der Waals surface area (Å²) in [6.45, 7) is 1.79. The Bertz CT molecular complexity index is 1650. The van der Waals surface area contributed by atoms with Gasteiger partial charge in [-0.3, -0.25) is 4.79 Å². The number of benzene rings is 3. The second-order valence-electron chi connectivity index (χ2n) is 7.77. The lowest BCUT2D eigenvalue weighted by molar-refractivity contribution is 0.102. The van der Waals surface area contributed by atoms with Crippen LogP contribution >= 0.6 is 0 Å². The molecule has 6 rings (SSSR count). The molecule has 6 aromatic rings. The zero-order chi connectivity index (χ0) is 23.8. The summed E-state index contributed by atoms with van der Waals surface area (Å²) in [6.07, 6.45) is 1.48. The summed E-state index contributed by atoms with van der Waals surface area (Å²) in [5.41, 5.74) is 4.49. The van der Waals surface area contributed by atoms with E-state index >= 15 is 0 Å². The maximum atomic E-state index is 13.0. The van der Waals surface area contributed by atoms with Crippen molar-refractivity contribution in [2.24, 2.45) is 0 Å². The minimum Gasteiger partial charge on any atom is -0.355 e. The maximum Gasteiger partial charge on any atom is 0.278 e. The summed E-state index contributed by atoms with van der Waals surface area (Å²) in [6, 6.07) is 22.6. The van der Waals surface area contributed by atoms with Gasteiger partial charge in [0.15, 0.2) is 11.5 Å². The van der Waals surface area contributed by atoms with Crippen molar-refractivity contribution in [2.75, 3.05) is 5.32 Å². The van der Waals surface area contributed by atoms with Crippen molar-refractivity contribution in [3.8, 4) is 22.7 Å². The van der Waals surface area contributed by atoms with Crippen LogP contribution in [-0.4, -0.2) is 46.3 Å². The molecule has 0 aliphatic carbocycles. The number of hydrogen-bond donors (Lipinski definition) is 1. The summed E-state index contributed by atoms with van der Waals surface area (Å²) in [5.74, 6) is 0.291. The summed E-state index contributed by atoms with van der Waals surface area (Å²) in [5, 5.41) is 27.3. The molecule has 1 amide bonds. The van der Waals surface area contributed by atoms with Gasteiger partial charge in [0.25, 0.3) is 5.91 Å². The first-order valence-electron chi connectivity index (χ1n) is 10.7. The van der Waals surface area contributed by atoms with Crippen LogP contribution in [0, 0.1) is 6.92 Å². The standard InChI is InChI=1S/C24H17N9O2/c1-15-22(24(34)26-17-8-5-9-18(12-17)32-14-25-29-31-32)27-30-33(15)19-10-11-21-20(13-19)23(35-28-21)16-6-3-2-4-7-16/h2-14H,1H3,(H,26,34). The average Bonchev–Trinajstić information content (AvgIpc) is 3.64. The van der Waals surface area contributed by atoms with Gasteiger partial charge in [-0.1, -0.05) is 46.8 Å². The number of carbonyl (C=O) groups is 1. The van der Waals surface area contributed by atoms with Crippen molar-refractivity contribution >= 4 is 22.5 Å². The number of tetrazole rings is 1. The number of nitrogens with one attached hydrogen (secondary N) is 1. The minimum absolute atomic E-state index is 0.214. The number of rotatable bonds is 5. The second-order valence-corrected chi connectivity index (χ2v) is 7.77. The lowest BCUT2D eigenvalue weighted by Crippen LogP contribution is -2.14. The van der Waals surface area contributed by atoms with E-state index in [1.54, 1.807) is 29.8 Å². The Hall–Kier alpha value is -5.19.